The van der Waals surface area contributed by atoms with Gasteiger partial charge >= 0.3 is 0 Å². The molecule has 11 heteroatoms. The summed E-state index contributed by atoms with van der Waals surface area (Å²) < 4.78 is 67.1. The molecule has 0 unspecified atom stereocenters. The van der Waals surface area contributed by atoms with Crippen LogP contribution < -0.4 is 4.72 Å². The van der Waals surface area contributed by atoms with Gasteiger partial charge in [-0.3, -0.25) is 0 Å². The highest BCUT2D eigenvalue weighted by Crippen LogP contribution is 2.32. The number of benzene rings is 2. The van der Waals surface area contributed by atoms with E-state index in [0.29, 0.717) is 0 Å². The van der Waals surface area contributed by atoms with Gasteiger partial charge < -0.3 is 0 Å². The van der Waals surface area contributed by atoms with Crippen LogP contribution in [0.3, 0.4) is 0 Å². The van der Waals surface area contributed by atoms with E-state index in [2.05, 4.69) is 4.72 Å². The van der Waals surface area contributed by atoms with Crippen molar-refractivity contribution < 1.29 is 21.2 Å². The van der Waals surface area contributed by atoms with E-state index in [1.54, 1.807) is 11.4 Å². The summed E-state index contributed by atoms with van der Waals surface area (Å²) in [5, 5.41) is 0.597. The molecule has 2 aromatic carbocycles. The van der Waals surface area contributed by atoms with E-state index in [4.69, 9.17) is 23.2 Å². The lowest BCUT2D eigenvalue weighted by atomic mass is 10.1. The number of rotatable bonds is 7. The molecule has 3 rings (SSSR count). The fraction of sp³-hybridized carbons (Fsp3) is 0.111. The Bertz CT molecular complexity index is 1210. The molecule has 1 aromatic heterocycles. The summed E-state index contributed by atoms with van der Waals surface area (Å²) in [5.74, 6) is -0.530. The molecule has 0 bridgehead atoms. The fourth-order valence-electron chi connectivity index (χ4n) is 2.56. The van der Waals surface area contributed by atoms with Crippen molar-refractivity contribution >= 4 is 54.4 Å². The van der Waals surface area contributed by atoms with Gasteiger partial charge in [0.25, 0.3) is 0 Å². The maximum absolute atomic E-state index is 13.3. The SMILES string of the molecule is O=S(=O)(NC[C@H](c1ccc(F)cc1)S(=O)(=O)c1cccs1)c1ccc(Cl)c(Cl)c1. The molecule has 1 heterocycles. The molecule has 0 aliphatic carbocycles. The molecule has 154 valence electrons. The quantitative estimate of drug-likeness (QED) is 0.517. The number of sulfone groups is 1. The predicted molar refractivity (Wildman–Crippen MR) is 112 cm³/mol. The van der Waals surface area contributed by atoms with Gasteiger partial charge in [-0.1, -0.05) is 41.4 Å². The molecule has 29 heavy (non-hydrogen) atoms. The molecular weight excluding hydrogens is 480 g/mol. The van der Waals surface area contributed by atoms with Crippen LogP contribution in [0.1, 0.15) is 10.8 Å². The normalized spacial score (nSPS) is 13.3. The van der Waals surface area contributed by atoms with Crippen molar-refractivity contribution in [2.24, 2.45) is 0 Å². The van der Waals surface area contributed by atoms with Gasteiger partial charge in [0, 0.05) is 6.54 Å². The van der Waals surface area contributed by atoms with Gasteiger partial charge in [-0.2, -0.15) is 0 Å². The summed E-state index contributed by atoms with van der Waals surface area (Å²) in [6.07, 6.45) is 0. The van der Waals surface area contributed by atoms with Crippen LogP contribution >= 0.6 is 34.5 Å². The van der Waals surface area contributed by atoms with Crippen molar-refractivity contribution in [3.8, 4) is 0 Å². The number of halogens is 3. The average molecular weight is 494 g/mol. The zero-order valence-electron chi connectivity index (χ0n) is 14.5. The van der Waals surface area contributed by atoms with Gasteiger partial charge in [-0.25, -0.2) is 25.9 Å². The minimum absolute atomic E-state index is 0.0517. The zero-order chi connectivity index (χ0) is 21.2. The first-order valence-electron chi connectivity index (χ1n) is 8.09. The Morgan fingerprint density at radius 2 is 1.66 bits per heavy atom. The Morgan fingerprint density at radius 1 is 0.966 bits per heavy atom. The van der Waals surface area contributed by atoms with Crippen LogP contribution in [0.15, 0.2) is 69.1 Å². The van der Waals surface area contributed by atoms with Crippen LogP contribution in [0.5, 0.6) is 0 Å². The predicted octanol–water partition coefficient (Wildman–Crippen LogP) is 4.69. The van der Waals surface area contributed by atoms with Gasteiger partial charge in [-0.05, 0) is 47.3 Å². The Balaban J connectivity index is 1.95. The zero-order valence-corrected chi connectivity index (χ0v) is 18.5. The molecule has 1 N–H and O–H groups in total. The summed E-state index contributed by atoms with van der Waals surface area (Å²) in [6, 6.07) is 11.7. The molecule has 0 spiro atoms. The highest BCUT2D eigenvalue weighted by Gasteiger charge is 2.31. The van der Waals surface area contributed by atoms with Crippen LogP contribution in [0, 0.1) is 5.82 Å². The molecule has 0 aliphatic heterocycles. The number of hydrogen-bond donors (Lipinski definition) is 1. The second-order valence-corrected chi connectivity index (χ2v) is 11.8. The standard InChI is InChI=1S/C18H14Cl2FNO4S3/c19-15-8-7-14(10-16(15)20)29(25,26)22-11-17(12-3-5-13(21)6-4-12)28(23,24)18-2-1-9-27-18/h1-10,17,22H,11H2/t17-/m1/s1. The lowest BCUT2D eigenvalue weighted by Gasteiger charge is -2.18. The van der Waals surface area contributed by atoms with Crippen molar-refractivity contribution in [2.75, 3.05) is 6.54 Å². The van der Waals surface area contributed by atoms with Crippen molar-refractivity contribution in [2.45, 2.75) is 14.4 Å². The van der Waals surface area contributed by atoms with Crippen molar-refractivity contribution in [1.82, 2.24) is 4.72 Å². The molecule has 0 fully saturated rings. The van der Waals surface area contributed by atoms with Gasteiger partial charge in [0.15, 0.2) is 9.84 Å². The molecule has 0 radical (unpaired) electrons. The second-order valence-electron chi connectivity index (χ2n) is 5.95. The number of thiophene rings is 1. The third kappa shape index (κ3) is 4.99. The first-order valence-corrected chi connectivity index (χ1v) is 12.8. The first-order chi connectivity index (χ1) is 13.6. The number of sulfonamides is 1. The van der Waals surface area contributed by atoms with E-state index in [1.165, 1.54) is 36.4 Å². The van der Waals surface area contributed by atoms with Crippen LogP contribution in [0.25, 0.3) is 0 Å². The maximum Gasteiger partial charge on any atom is 0.240 e. The largest absolute Gasteiger partial charge is 0.240 e. The molecule has 3 aromatic rings. The van der Waals surface area contributed by atoms with Gasteiger partial charge in [-0.15, -0.1) is 11.3 Å². The summed E-state index contributed by atoms with van der Waals surface area (Å²) in [4.78, 5) is -0.154. The van der Waals surface area contributed by atoms with E-state index >= 15 is 0 Å². The van der Waals surface area contributed by atoms with E-state index in [0.717, 1.165) is 23.5 Å². The summed E-state index contributed by atoms with van der Waals surface area (Å²) in [6.45, 7) is -0.450. The number of hydrogen-bond acceptors (Lipinski definition) is 5. The fourth-order valence-corrected chi connectivity index (χ4v) is 6.97. The van der Waals surface area contributed by atoms with Crippen LogP contribution in [0.4, 0.5) is 4.39 Å². The van der Waals surface area contributed by atoms with Gasteiger partial charge in [0.1, 0.15) is 15.3 Å². The molecule has 5 nitrogen and oxygen atoms in total. The Kier molecular flexibility index (Phi) is 6.67. The molecule has 1 atom stereocenters. The maximum atomic E-state index is 13.3. The molecule has 0 saturated heterocycles. The van der Waals surface area contributed by atoms with Crippen molar-refractivity contribution in [1.29, 1.82) is 0 Å². The lowest BCUT2D eigenvalue weighted by molar-refractivity contribution is 0.569. The lowest BCUT2D eigenvalue weighted by Crippen LogP contribution is -2.31. The second kappa shape index (κ2) is 8.71. The van der Waals surface area contributed by atoms with Crippen molar-refractivity contribution in [3.05, 3.63) is 81.4 Å². The topological polar surface area (TPSA) is 80.3 Å². The van der Waals surface area contributed by atoms with Gasteiger partial charge in [0.05, 0.1) is 14.9 Å². The van der Waals surface area contributed by atoms with E-state index < -0.39 is 37.5 Å². The van der Waals surface area contributed by atoms with Crippen LogP contribution in [-0.4, -0.2) is 23.4 Å². The third-order valence-electron chi connectivity index (χ3n) is 4.05. The van der Waals surface area contributed by atoms with Gasteiger partial charge in [0.2, 0.25) is 10.0 Å². The third-order valence-corrected chi connectivity index (χ3v) is 9.74. The van der Waals surface area contributed by atoms with E-state index in [-0.39, 0.29) is 24.7 Å². The minimum atomic E-state index is -4.07. The van der Waals surface area contributed by atoms with Crippen molar-refractivity contribution in [3.63, 3.8) is 0 Å². The Morgan fingerprint density at radius 3 is 2.24 bits per heavy atom. The number of nitrogens with one attached hydrogen (secondary N) is 1. The first kappa shape index (κ1) is 22.2. The monoisotopic (exact) mass is 493 g/mol. The van der Waals surface area contributed by atoms with Crippen LogP contribution in [-0.2, 0) is 19.9 Å². The highest BCUT2D eigenvalue weighted by atomic mass is 35.5. The smallest absolute Gasteiger partial charge is 0.222 e. The van der Waals surface area contributed by atoms with E-state index in [9.17, 15) is 21.2 Å². The molecule has 0 aliphatic rings. The Hall–Kier alpha value is -1.49. The summed E-state index contributed by atoms with van der Waals surface area (Å²) in [7, 11) is -7.99. The molecule has 0 saturated carbocycles. The average Bonchev–Trinajstić information content (AvgIpc) is 3.21. The molecular formula is C18H14Cl2FNO4S3. The summed E-state index contributed by atoms with van der Waals surface area (Å²) in [5.41, 5.74) is 0.261. The summed E-state index contributed by atoms with van der Waals surface area (Å²) >= 11 is 12.7. The highest BCUT2D eigenvalue weighted by molar-refractivity contribution is 7.93. The van der Waals surface area contributed by atoms with Crippen LogP contribution in [0.2, 0.25) is 10.0 Å². The minimum Gasteiger partial charge on any atom is -0.222 e. The Labute approximate surface area is 182 Å². The molecule has 0 amide bonds. The van der Waals surface area contributed by atoms with E-state index in [1.807, 2.05) is 0 Å².